The number of hydrogen-bond acceptors (Lipinski definition) is 4. The van der Waals surface area contributed by atoms with Crippen LogP contribution in [0, 0.1) is 34.5 Å². The second-order valence-corrected chi connectivity index (χ2v) is 8.74. The lowest BCUT2D eigenvalue weighted by molar-refractivity contribution is -0.0994. The van der Waals surface area contributed by atoms with Gasteiger partial charge in [0, 0.05) is 5.56 Å². The van der Waals surface area contributed by atoms with Crippen molar-refractivity contribution in [2.24, 2.45) is 23.2 Å². The summed E-state index contributed by atoms with van der Waals surface area (Å²) >= 11 is 0. The maximum absolute atomic E-state index is 9.13. The SMILES string of the molecule is N#Cc1n[nH]nc1-c1cccc(COCC23CC4CC(CC(C4)C2)C3)c1. The topological polar surface area (TPSA) is 74.6 Å². The Morgan fingerprint density at radius 3 is 2.54 bits per heavy atom. The molecule has 0 aliphatic heterocycles. The maximum Gasteiger partial charge on any atom is 0.190 e. The first-order chi connectivity index (χ1) is 12.7. The molecule has 4 fully saturated rings. The molecule has 6 rings (SSSR count). The molecule has 134 valence electrons. The van der Waals surface area contributed by atoms with E-state index in [4.69, 9.17) is 10.00 Å². The molecule has 0 unspecified atom stereocenters. The van der Waals surface area contributed by atoms with Gasteiger partial charge in [-0.25, -0.2) is 0 Å². The van der Waals surface area contributed by atoms with E-state index >= 15 is 0 Å². The van der Waals surface area contributed by atoms with Gasteiger partial charge in [-0.3, -0.25) is 0 Å². The lowest BCUT2D eigenvalue weighted by Crippen LogP contribution is -2.48. The van der Waals surface area contributed by atoms with Crippen LogP contribution >= 0.6 is 0 Å². The average Bonchev–Trinajstić information content (AvgIpc) is 3.09. The van der Waals surface area contributed by atoms with Crippen LogP contribution in [0.4, 0.5) is 0 Å². The van der Waals surface area contributed by atoms with E-state index < -0.39 is 0 Å². The van der Waals surface area contributed by atoms with E-state index in [2.05, 4.69) is 33.6 Å². The zero-order valence-electron chi connectivity index (χ0n) is 14.9. The Labute approximate surface area is 153 Å². The van der Waals surface area contributed by atoms with E-state index in [0.29, 0.717) is 23.4 Å². The molecule has 1 heterocycles. The van der Waals surface area contributed by atoms with Gasteiger partial charge in [0.05, 0.1) is 13.2 Å². The minimum absolute atomic E-state index is 0.330. The van der Waals surface area contributed by atoms with Gasteiger partial charge in [0.2, 0.25) is 0 Å². The molecule has 4 aliphatic rings. The predicted octanol–water partition coefficient (Wildman–Crippen LogP) is 4.08. The van der Waals surface area contributed by atoms with Gasteiger partial charge in [-0.15, -0.1) is 5.10 Å². The van der Waals surface area contributed by atoms with Gasteiger partial charge in [0.1, 0.15) is 11.8 Å². The normalized spacial score (nSPS) is 31.9. The van der Waals surface area contributed by atoms with Crippen molar-refractivity contribution in [1.29, 1.82) is 5.26 Å². The van der Waals surface area contributed by atoms with Crippen molar-refractivity contribution < 1.29 is 4.74 Å². The van der Waals surface area contributed by atoms with Crippen LogP contribution in [0.3, 0.4) is 0 Å². The van der Waals surface area contributed by atoms with Crippen LogP contribution in [-0.2, 0) is 11.3 Å². The van der Waals surface area contributed by atoms with Gasteiger partial charge in [-0.1, -0.05) is 18.2 Å². The summed E-state index contributed by atoms with van der Waals surface area (Å²) in [6.07, 6.45) is 8.55. The zero-order chi connectivity index (χ0) is 17.6. The molecular weight excluding hydrogens is 324 g/mol. The highest BCUT2D eigenvalue weighted by Crippen LogP contribution is 2.60. The lowest BCUT2D eigenvalue weighted by Gasteiger charge is -2.56. The standard InChI is InChI=1S/C21H24N4O/c22-11-19-20(24-25-23-19)18-3-1-2-14(7-18)12-26-13-21-8-15-4-16(9-21)6-17(5-15)10-21/h1-3,7,15-17H,4-6,8-10,12-13H2,(H,23,24,25). The monoisotopic (exact) mass is 348 g/mol. The number of ether oxygens (including phenoxy) is 1. The minimum atomic E-state index is 0.330. The van der Waals surface area contributed by atoms with E-state index in [9.17, 15) is 0 Å². The summed E-state index contributed by atoms with van der Waals surface area (Å²) in [5, 5.41) is 19.7. The molecule has 4 aliphatic carbocycles. The molecule has 4 bridgehead atoms. The van der Waals surface area contributed by atoms with Gasteiger partial charge in [-0.05, 0) is 73.3 Å². The van der Waals surface area contributed by atoms with Crippen LogP contribution in [0.1, 0.15) is 49.8 Å². The van der Waals surface area contributed by atoms with Crippen molar-refractivity contribution in [3.63, 3.8) is 0 Å². The molecule has 0 amide bonds. The van der Waals surface area contributed by atoms with E-state index in [1.54, 1.807) is 0 Å². The Balaban J connectivity index is 1.25. The van der Waals surface area contributed by atoms with Crippen molar-refractivity contribution in [2.45, 2.75) is 45.1 Å². The maximum atomic E-state index is 9.13. The van der Waals surface area contributed by atoms with Gasteiger partial charge < -0.3 is 4.74 Å². The molecule has 0 spiro atoms. The fourth-order valence-electron chi connectivity index (χ4n) is 6.17. The van der Waals surface area contributed by atoms with Crippen LogP contribution in [0.5, 0.6) is 0 Å². The Bertz CT molecular complexity index is 814. The third kappa shape index (κ3) is 2.83. The molecule has 0 atom stereocenters. The van der Waals surface area contributed by atoms with E-state index in [-0.39, 0.29) is 0 Å². The first kappa shape index (κ1) is 16.0. The fraction of sp³-hybridized carbons (Fsp3) is 0.571. The molecule has 0 radical (unpaired) electrons. The molecule has 1 aromatic carbocycles. The van der Waals surface area contributed by atoms with Crippen LogP contribution in [0.25, 0.3) is 11.3 Å². The molecule has 1 N–H and O–H groups in total. The minimum Gasteiger partial charge on any atom is -0.376 e. The molecule has 5 nitrogen and oxygen atoms in total. The second-order valence-electron chi connectivity index (χ2n) is 8.74. The van der Waals surface area contributed by atoms with Gasteiger partial charge in [0.15, 0.2) is 5.69 Å². The van der Waals surface area contributed by atoms with Crippen molar-refractivity contribution in [3.8, 4) is 17.3 Å². The number of aromatic amines is 1. The molecule has 0 saturated heterocycles. The Morgan fingerprint density at radius 2 is 1.85 bits per heavy atom. The molecular formula is C21H24N4O. The van der Waals surface area contributed by atoms with E-state index in [1.807, 2.05) is 12.1 Å². The quantitative estimate of drug-likeness (QED) is 0.883. The number of nitrogens with one attached hydrogen (secondary N) is 1. The van der Waals surface area contributed by atoms with Crippen LogP contribution in [0.2, 0.25) is 0 Å². The summed E-state index contributed by atoms with van der Waals surface area (Å²) in [5.41, 5.74) is 3.42. The number of benzene rings is 1. The van der Waals surface area contributed by atoms with Crippen molar-refractivity contribution in [2.75, 3.05) is 6.61 Å². The van der Waals surface area contributed by atoms with Gasteiger partial charge in [0.25, 0.3) is 0 Å². The van der Waals surface area contributed by atoms with Crippen LogP contribution in [0.15, 0.2) is 24.3 Å². The third-order valence-electron chi connectivity index (χ3n) is 6.70. The number of nitriles is 1. The first-order valence-corrected chi connectivity index (χ1v) is 9.71. The number of rotatable bonds is 5. The average molecular weight is 348 g/mol. The van der Waals surface area contributed by atoms with Crippen molar-refractivity contribution in [3.05, 3.63) is 35.5 Å². The van der Waals surface area contributed by atoms with Gasteiger partial charge >= 0.3 is 0 Å². The van der Waals surface area contributed by atoms with Crippen molar-refractivity contribution >= 4 is 0 Å². The summed E-state index contributed by atoms with van der Waals surface area (Å²) in [4.78, 5) is 0. The molecule has 4 saturated carbocycles. The highest BCUT2D eigenvalue weighted by atomic mass is 16.5. The molecule has 26 heavy (non-hydrogen) atoms. The Morgan fingerprint density at radius 1 is 1.12 bits per heavy atom. The number of aromatic nitrogens is 3. The third-order valence-corrected chi connectivity index (χ3v) is 6.70. The molecule has 1 aromatic heterocycles. The Kier molecular flexibility index (Phi) is 3.82. The van der Waals surface area contributed by atoms with E-state index in [0.717, 1.165) is 35.5 Å². The summed E-state index contributed by atoms with van der Waals surface area (Å²) in [5.74, 6) is 2.89. The molecule has 2 aromatic rings. The number of H-pyrrole nitrogens is 1. The smallest absolute Gasteiger partial charge is 0.190 e. The number of nitrogens with zero attached hydrogens (tertiary/aromatic N) is 3. The summed E-state index contributed by atoms with van der Waals surface area (Å²) in [6, 6.07) is 10.2. The zero-order valence-corrected chi connectivity index (χ0v) is 14.9. The number of hydrogen-bond donors (Lipinski definition) is 1. The highest BCUT2D eigenvalue weighted by molar-refractivity contribution is 5.64. The van der Waals surface area contributed by atoms with Crippen LogP contribution in [-0.4, -0.2) is 22.0 Å². The fourth-order valence-corrected chi connectivity index (χ4v) is 6.17. The van der Waals surface area contributed by atoms with Crippen LogP contribution < -0.4 is 0 Å². The van der Waals surface area contributed by atoms with Gasteiger partial charge in [-0.2, -0.15) is 15.6 Å². The first-order valence-electron chi connectivity index (χ1n) is 9.71. The summed E-state index contributed by atoms with van der Waals surface area (Å²) < 4.78 is 6.22. The van der Waals surface area contributed by atoms with Crippen molar-refractivity contribution in [1.82, 2.24) is 15.4 Å². The molecule has 5 heteroatoms. The lowest BCUT2D eigenvalue weighted by atomic mass is 9.50. The predicted molar refractivity (Wildman–Crippen MR) is 96.8 cm³/mol. The Hall–Kier alpha value is -2.19. The largest absolute Gasteiger partial charge is 0.376 e. The second kappa shape index (κ2) is 6.21. The highest BCUT2D eigenvalue weighted by Gasteiger charge is 2.50. The summed E-state index contributed by atoms with van der Waals surface area (Å²) in [6.45, 7) is 1.52. The summed E-state index contributed by atoms with van der Waals surface area (Å²) in [7, 11) is 0. The van der Waals surface area contributed by atoms with E-state index in [1.165, 1.54) is 38.5 Å².